The standard InChI is InChI=1S/C13H30N4O2S.HI/c1-5-14-13(16-11-8-12(3)4)15-9-7-10-17-20(18,19)6-2;/h12,17H,5-11H2,1-4H3,(H2,14,15,16);1H. The Kier molecular flexibility index (Phi) is 15.0. The number of rotatable bonds is 10. The Hall–Kier alpha value is -0.0900. The lowest BCUT2D eigenvalue weighted by Crippen LogP contribution is -2.38. The largest absolute Gasteiger partial charge is 0.357 e. The lowest BCUT2D eigenvalue weighted by Gasteiger charge is -2.12. The Bertz CT molecular complexity index is 372. The first kappa shape index (κ1) is 23.2. The number of halogens is 1. The molecule has 0 aromatic heterocycles. The predicted octanol–water partition coefficient (Wildman–Crippen LogP) is 1.53. The van der Waals surface area contributed by atoms with Crippen LogP contribution in [0.4, 0.5) is 0 Å². The van der Waals surface area contributed by atoms with E-state index in [1.54, 1.807) is 6.92 Å². The van der Waals surface area contributed by atoms with Gasteiger partial charge in [-0.3, -0.25) is 4.99 Å². The van der Waals surface area contributed by atoms with Crippen molar-refractivity contribution in [3.05, 3.63) is 0 Å². The number of nitrogens with zero attached hydrogens (tertiary/aromatic N) is 1. The molecule has 0 atom stereocenters. The second kappa shape index (κ2) is 13.6. The molecule has 0 saturated heterocycles. The molecule has 21 heavy (non-hydrogen) atoms. The maximum atomic E-state index is 11.2. The molecule has 8 heteroatoms. The lowest BCUT2D eigenvalue weighted by atomic mass is 10.1. The van der Waals surface area contributed by atoms with Crippen molar-refractivity contribution in [1.29, 1.82) is 0 Å². The normalized spacial score (nSPS) is 12.1. The number of guanidine groups is 1. The third-order valence-electron chi connectivity index (χ3n) is 2.67. The molecule has 0 saturated carbocycles. The molecule has 0 amide bonds. The van der Waals surface area contributed by atoms with E-state index < -0.39 is 10.0 Å². The van der Waals surface area contributed by atoms with Crippen LogP contribution in [-0.2, 0) is 10.0 Å². The summed E-state index contributed by atoms with van der Waals surface area (Å²) >= 11 is 0. The maximum Gasteiger partial charge on any atom is 0.211 e. The lowest BCUT2D eigenvalue weighted by molar-refractivity contribution is 0.573. The zero-order valence-corrected chi connectivity index (χ0v) is 16.8. The first-order chi connectivity index (χ1) is 9.41. The van der Waals surface area contributed by atoms with Crippen LogP contribution >= 0.6 is 24.0 Å². The second-order valence-electron chi connectivity index (χ2n) is 5.02. The molecule has 0 aliphatic heterocycles. The number of sulfonamides is 1. The molecular formula is C13H31IN4O2S. The van der Waals surface area contributed by atoms with Crippen LogP contribution in [0, 0.1) is 5.92 Å². The van der Waals surface area contributed by atoms with E-state index in [1.807, 2.05) is 6.92 Å². The summed E-state index contributed by atoms with van der Waals surface area (Å²) in [6.45, 7) is 10.8. The topological polar surface area (TPSA) is 82.6 Å². The van der Waals surface area contributed by atoms with Gasteiger partial charge in [-0.05, 0) is 32.6 Å². The van der Waals surface area contributed by atoms with Crippen molar-refractivity contribution in [2.75, 3.05) is 31.9 Å². The highest BCUT2D eigenvalue weighted by molar-refractivity contribution is 14.0. The fourth-order valence-corrected chi connectivity index (χ4v) is 2.08. The summed E-state index contributed by atoms with van der Waals surface area (Å²) < 4.78 is 25.0. The molecule has 0 aliphatic carbocycles. The van der Waals surface area contributed by atoms with Gasteiger partial charge >= 0.3 is 0 Å². The zero-order chi connectivity index (χ0) is 15.4. The van der Waals surface area contributed by atoms with Gasteiger partial charge in [-0.15, -0.1) is 24.0 Å². The first-order valence-electron chi connectivity index (χ1n) is 7.40. The summed E-state index contributed by atoms with van der Waals surface area (Å²) in [7, 11) is -3.08. The average Bonchev–Trinajstić information content (AvgIpc) is 2.37. The van der Waals surface area contributed by atoms with Gasteiger partial charge in [0.2, 0.25) is 10.0 Å². The summed E-state index contributed by atoms with van der Waals surface area (Å²) in [6.07, 6.45) is 1.79. The van der Waals surface area contributed by atoms with Gasteiger partial charge in [-0.2, -0.15) is 0 Å². The molecule has 0 unspecified atom stereocenters. The molecule has 0 heterocycles. The Morgan fingerprint density at radius 2 is 1.81 bits per heavy atom. The third kappa shape index (κ3) is 14.6. The quantitative estimate of drug-likeness (QED) is 0.211. The molecule has 6 nitrogen and oxygen atoms in total. The summed E-state index contributed by atoms with van der Waals surface area (Å²) in [5.41, 5.74) is 0. The van der Waals surface area contributed by atoms with Crippen molar-refractivity contribution in [3.8, 4) is 0 Å². The molecule has 3 N–H and O–H groups in total. The predicted molar refractivity (Wildman–Crippen MR) is 101 cm³/mol. The molecule has 0 spiro atoms. The highest BCUT2D eigenvalue weighted by Gasteiger charge is 2.04. The highest BCUT2D eigenvalue weighted by atomic mass is 127. The van der Waals surface area contributed by atoms with Crippen LogP contribution in [-0.4, -0.2) is 46.3 Å². The maximum absolute atomic E-state index is 11.2. The van der Waals surface area contributed by atoms with Crippen molar-refractivity contribution in [2.24, 2.45) is 10.9 Å². The number of nitrogens with one attached hydrogen (secondary N) is 3. The molecule has 0 aromatic carbocycles. The molecule has 0 aliphatic rings. The fourth-order valence-electron chi connectivity index (χ4n) is 1.42. The zero-order valence-electron chi connectivity index (χ0n) is 13.6. The fraction of sp³-hybridized carbons (Fsp3) is 0.923. The van der Waals surface area contributed by atoms with Crippen LogP contribution in [0.25, 0.3) is 0 Å². The van der Waals surface area contributed by atoms with Gasteiger partial charge in [0.25, 0.3) is 0 Å². The SMILES string of the molecule is CCNC(=NCCCNS(=O)(=O)CC)NCCC(C)C.I. The minimum absolute atomic E-state index is 0. The molecule has 0 radical (unpaired) electrons. The average molecular weight is 434 g/mol. The van der Waals surface area contributed by atoms with E-state index in [0.29, 0.717) is 25.4 Å². The van der Waals surface area contributed by atoms with Gasteiger partial charge in [-0.1, -0.05) is 13.8 Å². The van der Waals surface area contributed by atoms with E-state index in [9.17, 15) is 8.42 Å². The van der Waals surface area contributed by atoms with Crippen LogP contribution in [0.15, 0.2) is 4.99 Å². The Labute approximate surface area is 147 Å². The molecule has 0 aromatic rings. The summed E-state index contributed by atoms with van der Waals surface area (Å²) in [4.78, 5) is 4.42. The van der Waals surface area contributed by atoms with E-state index in [-0.39, 0.29) is 29.7 Å². The van der Waals surface area contributed by atoms with Gasteiger partial charge < -0.3 is 10.6 Å². The number of hydrogen-bond donors (Lipinski definition) is 3. The van der Waals surface area contributed by atoms with Gasteiger partial charge in [-0.25, -0.2) is 13.1 Å². The van der Waals surface area contributed by atoms with Crippen molar-refractivity contribution >= 4 is 40.0 Å². The Morgan fingerprint density at radius 1 is 1.14 bits per heavy atom. The molecule has 0 rings (SSSR count). The third-order valence-corrected chi connectivity index (χ3v) is 4.07. The van der Waals surface area contributed by atoms with E-state index in [1.165, 1.54) is 0 Å². The monoisotopic (exact) mass is 434 g/mol. The van der Waals surface area contributed by atoms with E-state index in [0.717, 1.165) is 25.5 Å². The smallest absolute Gasteiger partial charge is 0.211 e. The number of aliphatic imine (C=N–C) groups is 1. The van der Waals surface area contributed by atoms with Crippen LogP contribution in [0.5, 0.6) is 0 Å². The Balaban J connectivity index is 0. The summed E-state index contributed by atoms with van der Waals surface area (Å²) in [5, 5.41) is 6.45. The van der Waals surface area contributed by atoms with Crippen molar-refractivity contribution < 1.29 is 8.42 Å². The number of hydrogen-bond acceptors (Lipinski definition) is 3. The van der Waals surface area contributed by atoms with E-state index in [2.05, 4.69) is 34.2 Å². The molecule has 128 valence electrons. The summed E-state index contributed by atoms with van der Waals surface area (Å²) in [6, 6.07) is 0. The minimum atomic E-state index is -3.08. The highest BCUT2D eigenvalue weighted by Crippen LogP contribution is 1.96. The van der Waals surface area contributed by atoms with Crippen LogP contribution < -0.4 is 15.4 Å². The molecule has 0 fully saturated rings. The molecular weight excluding hydrogens is 403 g/mol. The Morgan fingerprint density at radius 3 is 2.33 bits per heavy atom. The first-order valence-corrected chi connectivity index (χ1v) is 9.06. The van der Waals surface area contributed by atoms with Gasteiger partial charge in [0, 0.05) is 26.2 Å². The van der Waals surface area contributed by atoms with E-state index in [4.69, 9.17) is 0 Å². The van der Waals surface area contributed by atoms with Gasteiger partial charge in [0.05, 0.1) is 5.75 Å². The van der Waals surface area contributed by atoms with Gasteiger partial charge in [0.15, 0.2) is 5.96 Å². The van der Waals surface area contributed by atoms with Crippen molar-refractivity contribution in [1.82, 2.24) is 15.4 Å². The van der Waals surface area contributed by atoms with Crippen LogP contribution in [0.2, 0.25) is 0 Å². The van der Waals surface area contributed by atoms with E-state index >= 15 is 0 Å². The van der Waals surface area contributed by atoms with Crippen molar-refractivity contribution in [3.63, 3.8) is 0 Å². The second-order valence-corrected chi connectivity index (χ2v) is 7.12. The van der Waals surface area contributed by atoms with Crippen LogP contribution in [0.3, 0.4) is 0 Å². The molecule has 0 bridgehead atoms. The minimum Gasteiger partial charge on any atom is -0.357 e. The van der Waals surface area contributed by atoms with Crippen molar-refractivity contribution in [2.45, 2.75) is 40.5 Å². The van der Waals surface area contributed by atoms with Crippen LogP contribution in [0.1, 0.15) is 40.5 Å². The summed E-state index contributed by atoms with van der Waals surface area (Å²) in [5.74, 6) is 1.58. The van der Waals surface area contributed by atoms with Gasteiger partial charge in [0.1, 0.15) is 0 Å².